The van der Waals surface area contributed by atoms with Crippen LogP contribution in [0.3, 0.4) is 0 Å². The van der Waals surface area contributed by atoms with Crippen LogP contribution in [0, 0.1) is 29.6 Å². The third kappa shape index (κ3) is 1.94. The first-order valence-electron chi connectivity index (χ1n) is 9.48. The van der Waals surface area contributed by atoms with Crippen LogP contribution in [-0.2, 0) is 12.8 Å². The van der Waals surface area contributed by atoms with Gasteiger partial charge in [0.15, 0.2) is 0 Å². The number of hydrogen-bond acceptors (Lipinski definition) is 2. The number of rotatable bonds is 1. The molecule has 4 rings (SSSR count). The lowest BCUT2D eigenvalue weighted by Crippen LogP contribution is -2.50. The summed E-state index contributed by atoms with van der Waals surface area (Å²) in [5.41, 5.74) is 2.80. The standard InChI is InChI=1S/C22H28O2/c1-4-14-12-18-15(13-20(14)23)6-7-17-16(18)8-10-21(3)19(17)9-11-22(21,24)5-2/h2,12-13,16-17,19,23-24H,4,6-11H2,1,3H3/t16-,17+,19-,21-,22-/m0/s1. The molecular weight excluding hydrogens is 296 g/mol. The molecule has 0 heterocycles. The molecule has 2 N–H and O–H groups in total. The fraction of sp³-hybridized carbons (Fsp3) is 0.636. The van der Waals surface area contributed by atoms with Crippen LogP contribution in [0.5, 0.6) is 5.75 Å². The first-order valence-corrected chi connectivity index (χ1v) is 9.48. The molecule has 0 bridgehead atoms. The van der Waals surface area contributed by atoms with E-state index >= 15 is 0 Å². The zero-order chi connectivity index (χ0) is 17.1. The molecule has 0 aliphatic heterocycles. The van der Waals surface area contributed by atoms with E-state index in [1.807, 2.05) is 6.07 Å². The molecule has 0 unspecified atom stereocenters. The van der Waals surface area contributed by atoms with Crippen LogP contribution in [0.2, 0.25) is 0 Å². The molecule has 3 aliphatic rings. The smallest absolute Gasteiger partial charge is 0.130 e. The average Bonchev–Trinajstić information content (AvgIpc) is 2.86. The normalized spacial score (nSPS) is 40.3. The number of fused-ring (bicyclic) bond motifs is 5. The fourth-order valence-corrected chi connectivity index (χ4v) is 6.19. The van der Waals surface area contributed by atoms with Crippen molar-refractivity contribution in [2.45, 2.75) is 70.3 Å². The molecule has 0 saturated heterocycles. The van der Waals surface area contributed by atoms with Crippen LogP contribution in [-0.4, -0.2) is 15.8 Å². The van der Waals surface area contributed by atoms with Crippen molar-refractivity contribution in [1.29, 1.82) is 0 Å². The number of aromatic hydroxyl groups is 1. The summed E-state index contributed by atoms with van der Waals surface area (Å²) in [6, 6.07) is 4.26. The summed E-state index contributed by atoms with van der Waals surface area (Å²) in [6.07, 6.45) is 12.7. The molecule has 5 atom stereocenters. The van der Waals surface area contributed by atoms with Gasteiger partial charge in [0.2, 0.25) is 0 Å². The van der Waals surface area contributed by atoms with Crippen molar-refractivity contribution in [3.05, 3.63) is 28.8 Å². The van der Waals surface area contributed by atoms with E-state index in [0.29, 0.717) is 23.5 Å². The Balaban J connectivity index is 1.73. The Morgan fingerprint density at radius 3 is 2.75 bits per heavy atom. The SMILES string of the molecule is C#C[C@]1(O)CC[C@H]2[C@@H]3CCc4cc(O)c(CC)cc4[C@H]3CC[C@@]21C. The van der Waals surface area contributed by atoms with E-state index in [0.717, 1.165) is 50.5 Å². The second kappa shape index (κ2) is 5.27. The molecular formula is C22H28O2. The molecule has 2 fully saturated rings. The van der Waals surface area contributed by atoms with Gasteiger partial charge in [0.25, 0.3) is 0 Å². The number of phenols is 1. The summed E-state index contributed by atoms with van der Waals surface area (Å²) in [5, 5.41) is 21.2. The van der Waals surface area contributed by atoms with Crippen LogP contribution in [0.4, 0.5) is 0 Å². The molecule has 0 radical (unpaired) electrons. The van der Waals surface area contributed by atoms with Crippen molar-refractivity contribution >= 4 is 0 Å². The highest BCUT2D eigenvalue weighted by Crippen LogP contribution is 2.64. The van der Waals surface area contributed by atoms with Gasteiger partial charge in [0, 0.05) is 5.41 Å². The Labute approximate surface area is 145 Å². The highest BCUT2D eigenvalue weighted by Gasteiger charge is 2.61. The lowest BCUT2D eigenvalue weighted by molar-refractivity contribution is -0.0647. The van der Waals surface area contributed by atoms with Crippen molar-refractivity contribution in [3.63, 3.8) is 0 Å². The van der Waals surface area contributed by atoms with Crippen molar-refractivity contribution in [2.24, 2.45) is 17.3 Å². The van der Waals surface area contributed by atoms with Gasteiger partial charge in [-0.1, -0.05) is 25.8 Å². The molecule has 0 spiro atoms. The maximum atomic E-state index is 11.0. The number of hydrogen-bond donors (Lipinski definition) is 2. The largest absolute Gasteiger partial charge is 0.508 e. The molecule has 128 valence electrons. The molecule has 1 aromatic rings. The average molecular weight is 324 g/mol. The van der Waals surface area contributed by atoms with Gasteiger partial charge in [0.05, 0.1) is 0 Å². The first-order chi connectivity index (χ1) is 11.4. The topological polar surface area (TPSA) is 40.5 Å². The second-order valence-electron chi connectivity index (χ2n) is 8.45. The van der Waals surface area contributed by atoms with E-state index in [1.54, 1.807) is 0 Å². The van der Waals surface area contributed by atoms with E-state index in [-0.39, 0.29) is 5.41 Å². The Bertz CT molecular complexity index is 715. The number of aliphatic hydroxyl groups is 1. The first kappa shape index (κ1) is 16.0. The summed E-state index contributed by atoms with van der Waals surface area (Å²) in [6.45, 7) is 4.33. The van der Waals surface area contributed by atoms with Crippen molar-refractivity contribution < 1.29 is 10.2 Å². The molecule has 1 aromatic carbocycles. The van der Waals surface area contributed by atoms with E-state index in [4.69, 9.17) is 6.42 Å². The zero-order valence-electron chi connectivity index (χ0n) is 14.8. The zero-order valence-corrected chi connectivity index (χ0v) is 14.8. The van der Waals surface area contributed by atoms with E-state index < -0.39 is 5.60 Å². The summed E-state index contributed by atoms with van der Waals surface area (Å²) in [4.78, 5) is 0. The second-order valence-corrected chi connectivity index (χ2v) is 8.45. The predicted molar refractivity (Wildman–Crippen MR) is 95.9 cm³/mol. The maximum Gasteiger partial charge on any atom is 0.130 e. The summed E-state index contributed by atoms with van der Waals surface area (Å²) >= 11 is 0. The Morgan fingerprint density at radius 1 is 1.25 bits per heavy atom. The third-order valence-corrected chi connectivity index (χ3v) is 7.70. The minimum Gasteiger partial charge on any atom is -0.508 e. The Hall–Kier alpha value is -1.46. The minimum atomic E-state index is -0.924. The summed E-state index contributed by atoms with van der Waals surface area (Å²) in [5.74, 6) is 4.90. The predicted octanol–water partition coefficient (Wildman–Crippen LogP) is 4.18. The van der Waals surface area contributed by atoms with Crippen molar-refractivity contribution in [2.75, 3.05) is 0 Å². The van der Waals surface area contributed by atoms with Gasteiger partial charge in [-0.3, -0.25) is 0 Å². The number of phenolic OH excluding ortho intramolecular Hbond substituents is 1. The maximum absolute atomic E-state index is 11.0. The highest BCUT2D eigenvalue weighted by molar-refractivity contribution is 5.46. The van der Waals surface area contributed by atoms with Gasteiger partial charge in [-0.25, -0.2) is 0 Å². The van der Waals surface area contributed by atoms with Crippen LogP contribution >= 0.6 is 0 Å². The van der Waals surface area contributed by atoms with E-state index in [9.17, 15) is 10.2 Å². The van der Waals surface area contributed by atoms with Gasteiger partial charge in [-0.15, -0.1) is 6.42 Å². The Kier molecular flexibility index (Phi) is 3.52. The molecule has 2 heteroatoms. The summed E-state index contributed by atoms with van der Waals surface area (Å²) in [7, 11) is 0. The molecule has 24 heavy (non-hydrogen) atoms. The van der Waals surface area contributed by atoms with E-state index in [2.05, 4.69) is 25.8 Å². The minimum absolute atomic E-state index is 0.134. The molecule has 0 amide bonds. The molecule has 2 nitrogen and oxygen atoms in total. The highest BCUT2D eigenvalue weighted by atomic mass is 16.3. The summed E-state index contributed by atoms with van der Waals surface area (Å²) < 4.78 is 0. The van der Waals surface area contributed by atoms with Gasteiger partial charge < -0.3 is 10.2 Å². The number of terminal acetylenes is 1. The van der Waals surface area contributed by atoms with Crippen LogP contribution < -0.4 is 0 Å². The lowest BCUT2D eigenvalue weighted by Gasteiger charge is -2.52. The number of aryl methyl sites for hydroxylation is 2. The fourth-order valence-electron chi connectivity index (χ4n) is 6.19. The van der Waals surface area contributed by atoms with Gasteiger partial charge in [-0.05, 0) is 85.5 Å². The monoisotopic (exact) mass is 324 g/mol. The quantitative estimate of drug-likeness (QED) is 0.761. The van der Waals surface area contributed by atoms with Gasteiger partial charge in [0.1, 0.15) is 11.4 Å². The molecule has 0 aromatic heterocycles. The van der Waals surface area contributed by atoms with E-state index in [1.165, 1.54) is 11.1 Å². The third-order valence-electron chi connectivity index (χ3n) is 7.70. The lowest BCUT2D eigenvalue weighted by atomic mass is 9.53. The van der Waals surface area contributed by atoms with Gasteiger partial charge >= 0.3 is 0 Å². The molecule has 2 saturated carbocycles. The Morgan fingerprint density at radius 2 is 2.04 bits per heavy atom. The number of benzene rings is 1. The molecule has 3 aliphatic carbocycles. The van der Waals surface area contributed by atoms with Crippen LogP contribution in [0.1, 0.15) is 68.6 Å². The van der Waals surface area contributed by atoms with Crippen molar-refractivity contribution in [3.8, 4) is 18.1 Å². The van der Waals surface area contributed by atoms with Crippen LogP contribution in [0.15, 0.2) is 12.1 Å². The van der Waals surface area contributed by atoms with Crippen molar-refractivity contribution in [1.82, 2.24) is 0 Å². The van der Waals surface area contributed by atoms with Gasteiger partial charge in [-0.2, -0.15) is 0 Å². The van der Waals surface area contributed by atoms with Crippen LogP contribution in [0.25, 0.3) is 0 Å².